The first-order chi connectivity index (χ1) is 26.0. The molecule has 0 aliphatic heterocycles. The van der Waals surface area contributed by atoms with Crippen molar-refractivity contribution in [2.24, 2.45) is 0 Å². The molecule has 0 aliphatic carbocycles. The first kappa shape index (κ1) is 33.0. The summed E-state index contributed by atoms with van der Waals surface area (Å²) in [5.41, 5.74) is 0.0676. The van der Waals surface area contributed by atoms with Crippen molar-refractivity contribution in [3.8, 4) is 0 Å². The van der Waals surface area contributed by atoms with Crippen molar-refractivity contribution in [2.75, 3.05) is 0 Å². The Morgan fingerprint density at radius 1 is 0.377 bits per heavy atom. The summed E-state index contributed by atoms with van der Waals surface area (Å²) in [5, 5.41) is 13.9. The van der Waals surface area contributed by atoms with Gasteiger partial charge < -0.3 is 0 Å². The van der Waals surface area contributed by atoms with E-state index in [4.69, 9.17) is 4.98 Å². The number of aromatic nitrogens is 2. The van der Waals surface area contributed by atoms with Crippen molar-refractivity contribution in [1.82, 2.24) is 9.38 Å². The minimum atomic E-state index is -2.11. The quantitative estimate of drug-likeness (QED) is 0.0931. The summed E-state index contributed by atoms with van der Waals surface area (Å²) in [6.45, 7) is 0. The number of fused-ring (bicyclic) bond motifs is 10. The standard InChI is InChI=1S/C47H32N2P2Se2/c52-50(34-16-5-1-6-17-34,35-18-7-2-8-19-35)38-27-30-44-43(31-38)48-47-46-40-24-14-13-15-33(40)25-28-42(46)41-29-26-39(32-45(41)49(44)47)51(53,36-20-9-3-10-21-36)37-22-11-4-12-23-37/h1-32H. The van der Waals surface area contributed by atoms with Crippen LogP contribution in [0.4, 0.5) is 0 Å². The summed E-state index contributed by atoms with van der Waals surface area (Å²) in [6.07, 6.45) is 0. The van der Waals surface area contributed by atoms with Gasteiger partial charge >= 0.3 is 326 Å². The molecule has 0 spiro atoms. The third-order valence-electron chi connectivity index (χ3n) is 10.5. The summed E-state index contributed by atoms with van der Waals surface area (Å²) in [6, 6.07) is 71.1. The summed E-state index contributed by atoms with van der Waals surface area (Å²) >= 11 is 7.54. The summed E-state index contributed by atoms with van der Waals surface area (Å²) in [7, 11) is 0. The number of pyridine rings is 1. The van der Waals surface area contributed by atoms with Gasteiger partial charge in [-0.15, -0.1) is 0 Å². The van der Waals surface area contributed by atoms with Gasteiger partial charge in [-0.1, -0.05) is 0 Å². The molecular formula is C47H32N2P2Se2. The first-order valence-corrected chi connectivity index (χ1v) is 25.7. The zero-order valence-corrected chi connectivity index (χ0v) is 33.8. The van der Waals surface area contributed by atoms with E-state index >= 15 is 0 Å². The zero-order valence-electron chi connectivity index (χ0n) is 28.6. The van der Waals surface area contributed by atoms with Crippen molar-refractivity contribution in [3.63, 3.8) is 0 Å². The predicted molar refractivity (Wildman–Crippen MR) is 234 cm³/mol. The van der Waals surface area contributed by atoms with Gasteiger partial charge in [0.25, 0.3) is 0 Å². The normalized spacial score (nSPS) is 12.3. The van der Waals surface area contributed by atoms with Crippen LogP contribution < -0.4 is 31.8 Å². The van der Waals surface area contributed by atoms with Gasteiger partial charge in [-0.3, -0.25) is 0 Å². The Labute approximate surface area is 323 Å². The van der Waals surface area contributed by atoms with Crippen LogP contribution in [0.5, 0.6) is 0 Å². The maximum atomic E-state index is 5.58. The van der Waals surface area contributed by atoms with Crippen LogP contribution in [-0.4, -0.2) is 39.6 Å². The van der Waals surface area contributed by atoms with E-state index < -0.39 is 11.0 Å². The number of nitrogens with zero attached hydrogens (tertiary/aromatic N) is 2. The van der Waals surface area contributed by atoms with E-state index in [-0.39, 0.29) is 0 Å². The Morgan fingerprint density at radius 2 is 0.849 bits per heavy atom. The monoisotopic (exact) mass is 846 g/mol. The number of hydrogen-bond acceptors (Lipinski definition) is 1. The number of benzene rings is 8. The van der Waals surface area contributed by atoms with Gasteiger partial charge in [0, 0.05) is 0 Å². The molecule has 2 nitrogen and oxygen atoms in total. The van der Waals surface area contributed by atoms with Crippen molar-refractivity contribution in [1.29, 1.82) is 0 Å². The molecule has 0 saturated carbocycles. The average Bonchev–Trinajstić information content (AvgIpc) is 3.63. The van der Waals surface area contributed by atoms with Crippen LogP contribution in [0, 0.1) is 0 Å². The third-order valence-corrected chi connectivity index (χ3v) is 24.6. The van der Waals surface area contributed by atoms with Crippen molar-refractivity contribution < 1.29 is 0 Å². The molecule has 6 heteroatoms. The SMILES string of the molecule is [Se]=P(c1ccccc1)(c1ccccc1)c1ccc2c(c1)nc1c3c4ccccc4ccc3c3ccc(P(=[Se])(c4ccccc4)c4ccccc4)cc3n21. The van der Waals surface area contributed by atoms with Crippen LogP contribution in [0.2, 0.25) is 0 Å². The van der Waals surface area contributed by atoms with Crippen LogP contribution >= 0.6 is 11.0 Å². The molecule has 252 valence electrons. The third kappa shape index (κ3) is 5.17. The van der Waals surface area contributed by atoms with Crippen LogP contribution in [0.1, 0.15) is 0 Å². The van der Waals surface area contributed by atoms with E-state index in [0.717, 1.165) is 22.2 Å². The molecule has 53 heavy (non-hydrogen) atoms. The fourth-order valence-corrected chi connectivity index (χ4v) is 17.8. The Balaban J connectivity index is 1.32. The van der Waals surface area contributed by atoms with Gasteiger partial charge in [0.15, 0.2) is 0 Å². The number of hydrogen-bond donors (Lipinski definition) is 0. The van der Waals surface area contributed by atoms with Crippen LogP contribution in [0.3, 0.4) is 0 Å². The second kappa shape index (κ2) is 13.1. The summed E-state index contributed by atoms with van der Waals surface area (Å²) in [5.74, 6) is 0. The van der Waals surface area contributed by atoms with Gasteiger partial charge in [0.1, 0.15) is 0 Å². The van der Waals surface area contributed by atoms with E-state index in [1.807, 2.05) is 0 Å². The Bertz CT molecular complexity index is 3020. The molecule has 10 aromatic rings. The molecule has 0 atom stereocenters. The molecule has 10 rings (SSSR count). The minimum absolute atomic E-state index is 0.987. The molecule has 0 radical (unpaired) electrons. The molecule has 0 saturated heterocycles. The van der Waals surface area contributed by atoms with Crippen molar-refractivity contribution in [2.45, 2.75) is 0 Å². The molecule has 0 fully saturated rings. The topological polar surface area (TPSA) is 17.3 Å². The average molecular weight is 845 g/mol. The van der Waals surface area contributed by atoms with Gasteiger partial charge in [0.05, 0.1) is 0 Å². The Morgan fingerprint density at radius 3 is 1.42 bits per heavy atom. The number of rotatable bonds is 6. The Hall–Kier alpha value is -4.61. The fourth-order valence-electron chi connectivity index (χ4n) is 7.99. The van der Waals surface area contributed by atoms with Crippen molar-refractivity contribution >= 4 is 122 Å². The Kier molecular flexibility index (Phi) is 8.13. The fraction of sp³-hybridized carbons (Fsp3) is 0. The maximum absolute atomic E-state index is 5.58. The molecule has 2 heterocycles. The van der Waals surface area contributed by atoms with E-state index in [1.165, 1.54) is 58.8 Å². The van der Waals surface area contributed by atoms with E-state index in [9.17, 15) is 0 Å². The zero-order chi connectivity index (χ0) is 35.6. The predicted octanol–water partition coefficient (Wildman–Crippen LogP) is 8.70. The van der Waals surface area contributed by atoms with Crippen molar-refractivity contribution in [3.05, 3.63) is 194 Å². The van der Waals surface area contributed by atoms with E-state index in [0.29, 0.717) is 0 Å². The molecule has 2 aromatic heterocycles. The second-order valence-corrected chi connectivity index (χ2v) is 25.8. The van der Waals surface area contributed by atoms with Gasteiger partial charge in [-0.25, -0.2) is 0 Å². The molecule has 0 N–H and O–H groups in total. The van der Waals surface area contributed by atoms with Crippen LogP contribution in [0.15, 0.2) is 194 Å². The number of imidazole rings is 1. The van der Waals surface area contributed by atoms with Gasteiger partial charge in [-0.05, 0) is 0 Å². The summed E-state index contributed by atoms with van der Waals surface area (Å²) in [4.78, 5) is 5.58. The van der Waals surface area contributed by atoms with E-state index in [1.54, 1.807) is 0 Å². The van der Waals surface area contributed by atoms with E-state index in [2.05, 4.69) is 229 Å². The second-order valence-electron chi connectivity index (χ2n) is 13.4. The van der Waals surface area contributed by atoms with Gasteiger partial charge in [0.2, 0.25) is 0 Å². The summed E-state index contributed by atoms with van der Waals surface area (Å²) < 4.78 is 2.43. The molecule has 0 amide bonds. The molecular weight excluding hydrogens is 812 g/mol. The molecule has 8 aromatic carbocycles. The van der Waals surface area contributed by atoms with Gasteiger partial charge in [-0.2, -0.15) is 0 Å². The van der Waals surface area contributed by atoms with Crippen LogP contribution in [0.25, 0.3) is 49.1 Å². The first-order valence-electron chi connectivity index (χ1n) is 17.7. The molecule has 0 bridgehead atoms. The van der Waals surface area contributed by atoms with Crippen LogP contribution in [-0.2, 0) is 0 Å². The molecule has 0 aliphatic rings. The molecule has 0 unspecified atom stereocenters.